The molecule has 2 aromatic heterocycles. The van der Waals surface area contributed by atoms with E-state index in [0.29, 0.717) is 0 Å². The summed E-state index contributed by atoms with van der Waals surface area (Å²) in [5, 5.41) is 2.62. The third-order valence-electron chi connectivity index (χ3n) is 7.63. The van der Waals surface area contributed by atoms with Crippen molar-refractivity contribution in [1.29, 1.82) is 0 Å². The molecule has 0 saturated heterocycles. The van der Waals surface area contributed by atoms with E-state index < -0.39 is 0 Å². The fourth-order valence-corrected chi connectivity index (χ4v) is 8.60. The second kappa shape index (κ2) is 10.5. The van der Waals surface area contributed by atoms with Gasteiger partial charge in [-0.15, -0.1) is 22.7 Å². The summed E-state index contributed by atoms with van der Waals surface area (Å²) in [7, 11) is 0. The smallest absolute Gasteiger partial charge is 0.0564 e. The molecule has 42 heavy (non-hydrogen) atoms. The lowest BCUT2D eigenvalue weighted by atomic mass is 10.1. The first-order valence-corrected chi connectivity index (χ1v) is 15.7. The van der Waals surface area contributed by atoms with Crippen LogP contribution in [-0.4, -0.2) is 0 Å². The standard InChI is InChI=1S/C38H26N2S2/c1-5-15-27(16-6-1)39(28-17-7-2-8-18-28)31-23-13-25-33-35(31)37-38(41-33)36-32(24-14-26-34(36)42-37)40(29-19-9-3-10-20-29)30-21-11-4-12-22-30/h1-26H. The zero-order valence-corrected chi connectivity index (χ0v) is 24.4. The molecule has 0 radical (unpaired) electrons. The molecule has 200 valence electrons. The molecule has 0 unspecified atom stereocenters. The normalized spacial score (nSPS) is 11.3. The minimum absolute atomic E-state index is 1.15. The first-order valence-electron chi connectivity index (χ1n) is 14.0. The van der Waals surface area contributed by atoms with Crippen LogP contribution in [-0.2, 0) is 0 Å². The number of benzene rings is 6. The SMILES string of the molecule is c1ccc(N(c2ccccc2)c2cccc3sc4c(sc5cccc(N(c6ccccc6)c6ccccc6)c54)c23)cc1. The highest BCUT2D eigenvalue weighted by atomic mass is 32.1. The predicted octanol–water partition coefficient (Wildman–Crippen LogP) is 12.2. The quantitative estimate of drug-likeness (QED) is 0.195. The summed E-state index contributed by atoms with van der Waals surface area (Å²) in [5.74, 6) is 0. The number of hydrogen-bond donors (Lipinski definition) is 0. The lowest BCUT2D eigenvalue weighted by molar-refractivity contribution is 1.30. The van der Waals surface area contributed by atoms with Gasteiger partial charge < -0.3 is 9.80 Å². The molecule has 0 spiro atoms. The Bertz CT molecular complexity index is 1900. The summed E-state index contributed by atoms with van der Waals surface area (Å²) >= 11 is 3.80. The fourth-order valence-electron chi connectivity index (χ4n) is 5.84. The van der Waals surface area contributed by atoms with Gasteiger partial charge in [0.15, 0.2) is 0 Å². The zero-order valence-electron chi connectivity index (χ0n) is 22.7. The maximum absolute atomic E-state index is 2.39. The van der Waals surface area contributed by atoms with E-state index in [1.165, 1.54) is 40.9 Å². The molecule has 0 N–H and O–H groups in total. The van der Waals surface area contributed by atoms with Gasteiger partial charge in [-0.3, -0.25) is 0 Å². The van der Waals surface area contributed by atoms with Crippen LogP contribution < -0.4 is 9.80 Å². The van der Waals surface area contributed by atoms with E-state index >= 15 is 0 Å². The largest absolute Gasteiger partial charge is 0.310 e. The molecule has 0 aliphatic carbocycles. The Morgan fingerprint density at radius 3 is 0.929 bits per heavy atom. The molecule has 0 aliphatic rings. The van der Waals surface area contributed by atoms with Crippen molar-refractivity contribution in [3.8, 4) is 0 Å². The summed E-state index contributed by atoms with van der Waals surface area (Å²) in [6.45, 7) is 0. The van der Waals surface area contributed by atoms with Gasteiger partial charge in [-0.2, -0.15) is 0 Å². The minimum Gasteiger partial charge on any atom is -0.310 e. The molecule has 8 rings (SSSR count). The van der Waals surface area contributed by atoms with Crippen LogP contribution in [0.3, 0.4) is 0 Å². The molecule has 2 nitrogen and oxygen atoms in total. The van der Waals surface area contributed by atoms with Crippen LogP contribution in [0, 0.1) is 0 Å². The van der Waals surface area contributed by atoms with Crippen molar-refractivity contribution in [2.24, 2.45) is 0 Å². The Balaban J connectivity index is 1.41. The minimum atomic E-state index is 1.15. The Hall–Kier alpha value is -4.90. The molecule has 4 heteroatoms. The van der Waals surface area contributed by atoms with Crippen LogP contribution in [0.5, 0.6) is 0 Å². The average molecular weight is 575 g/mol. The number of fused-ring (bicyclic) bond motifs is 5. The molecular formula is C38H26N2S2. The topological polar surface area (TPSA) is 6.48 Å². The molecule has 0 fully saturated rings. The number of hydrogen-bond acceptors (Lipinski definition) is 4. The highest BCUT2D eigenvalue weighted by molar-refractivity contribution is 7.36. The van der Waals surface area contributed by atoms with Crippen LogP contribution >= 0.6 is 22.7 Å². The van der Waals surface area contributed by atoms with Gasteiger partial charge in [0.1, 0.15) is 0 Å². The molecule has 0 atom stereocenters. The van der Waals surface area contributed by atoms with Crippen LogP contribution in [0.4, 0.5) is 34.1 Å². The van der Waals surface area contributed by atoms with Gasteiger partial charge in [0.05, 0.1) is 20.8 Å². The van der Waals surface area contributed by atoms with E-state index in [2.05, 4.69) is 168 Å². The molecule has 0 amide bonds. The zero-order chi connectivity index (χ0) is 27.9. The fraction of sp³-hybridized carbons (Fsp3) is 0. The molecule has 0 aliphatic heterocycles. The maximum Gasteiger partial charge on any atom is 0.0564 e. The second-order valence-electron chi connectivity index (χ2n) is 10.2. The van der Waals surface area contributed by atoms with Gasteiger partial charge in [0.25, 0.3) is 0 Å². The van der Waals surface area contributed by atoms with E-state index in [-0.39, 0.29) is 0 Å². The van der Waals surface area contributed by atoms with E-state index in [1.54, 1.807) is 0 Å². The van der Waals surface area contributed by atoms with Gasteiger partial charge in [-0.25, -0.2) is 0 Å². The molecule has 6 aromatic carbocycles. The predicted molar refractivity (Wildman–Crippen MR) is 184 cm³/mol. The van der Waals surface area contributed by atoms with Crippen molar-refractivity contribution in [3.05, 3.63) is 158 Å². The number of para-hydroxylation sites is 4. The van der Waals surface area contributed by atoms with Crippen molar-refractivity contribution in [1.82, 2.24) is 0 Å². The van der Waals surface area contributed by atoms with Crippen molar-refractivity contribution in [2.75, 3.05) is 9.80 Å². The summed E-state index contributed by atoms with van der Waals surface area (Å²) in [4.78, 5) is 4.78. The van der Waals surface area contributed by atoms with Gasteiger partial charge >= 0.3 is 0 Å². The van der Waals surface area contributed by atoms with Crippen LogP contribution in [0.1, 0.15) is 0 Å². The van der Waals surface area contributed by atoms with Crippen molar-refractivity contribution in [2.45, 2.75) is 0 Å². The number of anilines is 6. The number of rotatable bonds is 6. The van der Waals surface area contributed by atoms with Gasteiger partial charge in [-0.1, -0.05) is 84.9 Å². The summed E-state index contributed by atoms with van der Waals surface area (Å²) in [5.41, 5.74) is 7.00. The van der Waals surface area contributed by atoms with E-state index in [0.717, 1.165) is 22.7 Å². The highest BCUT2D eigenvalue weighted by Crippen LogP contribution is 2.52. The summed E-state index contributed by atoms with van der Waals surface area (Å²) in [6.07, 6.45) is 0. The van der Waals surface area contributed by atoms with Gasteiger partial charge in [-0.05, 0) is 72.8 Å². The maximum atomic E-state index is 2.39. The van der Waals surface area contributed by atoms with E-state index in [1.807, 2.05) is 22.7 Å². The van der Waals surface area contributed by atoms with Crippen molar-refractivity contribution >= 4 is 86.4 Å². The van der Waals surface area contributed by atoms with Crippen LogP contribution in [0.15, 0.2) is 158 Å². The van der Waals surface area contributed by atoms with Crippen molar-refractivity contribution in [3.63, 3.8) is 0 Å². The first-order chi connectivity index (χ1) is 20.9. The van der Waals surface area contributed by atoms with Crippen LogP contribution in [0.25, 0.3) is 29.6 Å². The third-order valence-corrected chi connectivity index (χ3v) is 10.1. The number of thiophene rings is 2. The molecule has 0 bridgehead atoms. The van der Waals surface area contributed by atoms with Crippen LogP contribution in [0.2, 0.25) is 0 Å². The Morgan fingerprint density at radius 1 is 0.310 bits per heavy atom. The lowest BCUT2D eigenvalue weighted by Crippen LogP contribution is -2.09. The van der Waals surface area contributed by atoms with Crippen molar-refractivity contribution < 1.29 is 0 Å². The number of nitrogens with zero attached hydrogens (tertiary/aromatic N) is 2. The van der Waals surface area contributed by atoms with E-state index in [4.69, 9.17) is 0 Å². The van der Waals surface area contributed by atoms with E-state index in [9.17, 15) is 0 Å². The summed E-state index contributed by atoms with van der Waals surface area (Å²) in [6, 6.07) is 56.2. The average Bonchev–Trinajstić information content (AvgIpc) is 3.60. The monoisotopic (exact) mass is 574 g/mol. The highest BCUT2D eigenvalue weighted by Gasteiger charge is 2.23. The Morgan fingerprint density at radius 2 is 0.619 bits per heavy atom. The molecule has 2 heterocycles. The summed E-state index contributed by atoms with van der Waals surface area (Å²) < 4.78 is 5.28. The lowest BCUT2D eigenvalue weighted by Gasteiger charge is -2.26. The van der Waals surface area contributed by atoms with Gasteiger partial charge in [0.2, 0.25) is 0 Å². The molecule has 0 saturated carbocycles. The Labute approximate surface area is 253 Å². The molecular weight excluding hydrogens is 549 g/mol. The molecule has 8 aromatic rings. The van der Waals surface area contributed by atoms with Gasteiger partial charge in [0, 0.05) is 42.9 Å². The third kappa shape index (κ3) is 4.16. The first kappa shape index (κ1) is 24.9. The second-order valence-corrected chi connectivity index (χ2v) is 12.3. The Kier molecular flexibility index (Phi) is 6.21.